The maximum absolute atomic E-state index is 11.9. The number of hydrogen-bond donors (Lipinski definition) is 0. The predicted molar refractivity (Wildman–Crippen MR) is 60.7 cm³/mol. The Kier molecular flexibility index (Phi) is 3.53. The van der Waals surface area contributed by atoms with E-state index in [0.717, 1.165) is 19.3 Å². The lowest BCUT2D eigenvalue weighted by Crippen LogP contribution is -2.44. The maximum Gasteiger partial charge on any atom is 0.311 e. The van der Waals surface area contributed by atoms with E-state index in [0.29, 0.717) is 24.4 Å². The summed E-state index contributed by atoms with van der Waals surface area (Å²) >= 11 is 0. The third kappa shape index (κ3) is 1.97. The Labute approximate surface area is 97.5 Å². The fourth-order valence-electron chi connectivity index (χ4n) is 3.16. The lowest BCUT2D eigenvalue weighted by molar-refractivity contribution is -0.219. The molecule has 3 heteroatoms. The van der Waals surface area contributed by atoms with Crippen LogP contribution in [0.3, 0.4) is 0 Å². The molecule has 1 saturated heterocycles. The van der Waals surface area contributed by atoms with Crippen molar-refractivity contribution >= 4 is 5.97 Å². The highest BCUT2D eigenvalue weighted by atomic mass is 16.7. The van der Waals surface area contributed by atoms with Crippen LogP contribution in [0.2, 0.25) is 0 Å². The zero-order valence-corrected chi connectivity index (χ0v) is 10.4. The van der Waals surface area contributed by atoms with Gasteiger partial charge in [0.2, 0.25) is 6.29 Å². The van der Waals surface area contributed by atoms with Gasteiger partial charge in [-0.2, -0.15) is 0 Å². The molecule has 0 bridgehead atoms. The molecule has 92 valence electrons. The van der Waals surface area contributed by atoms with Crippen LogP contribution in [0.1, 0.15) is 40.0 Å². The minimum Gasteiger partial charge on any atom is -0.435 e. The summed E-state index contributed by atoms with van der Waals surface area (Å²) in [5, 5.41) is 0. The molecule has 0 spiro atoms. The van der Waals surface area contributed by atoms with Crippen LogP contribution in [0, 0.1) is 23.7 Å². The molecule has 1 aliphatic carbocycles. The Bertz CT molecular complexity index is 264. The van der Waals surface area contributed by atoms with E-state index >= 15 is 0 Å². The Morgan fingerprint density at radius 3 is 2.81 bits per heavy atom. The molecule has 5 atom stereocenters. The van der Waals surface area contributed by atoms with Crippen molar-refractivity contribution in [3.63, 3.8) is 0 Å². The summed E-state index contributed by atoms with van der Waals surface area (Å²) in [5.74, 6) is 1.38. The summed E-state index contributed by atoms with van der Waals surface area (Å²) in [4.78, 5) is 11.9. The molecule has 0 N–H and O–H groups in total. The summed E-state index contributed by atoms with van der Waals surface area (Å²) in [7, 11) is 0. The first-order chi connectivity index (χ1) is 7.65. The lowest BCUT2D eigenvalue weighted by Gasteiger charge is -2.37. The van der Waals surface area contributed by atoms with Crippen LogP contribution in [-0.4, -0.2) is 18.9 Å². The molecular weight excluding hydrogens is 204 g/mol. The minimum atomic E-state index is -0.306. The highest BCUT2D eigenvalue weighted by Crippen LogP contribution is 2.46. The van der Waals surface area contributed by atoms with Crippen LogP contribution in [0.4, 0.5) is 0 Å². The smallest absolute Gasteiger partial charge is 0.311 e. The molecule has 0 radical (unpaired) electrons. The number of esters is 1. The van der Waals surface area contributed by atoms with E-state index in [2.05, 4.69) is 20.8 Å². The van der Waals surface area contributed by atoms with Gasteiger partial charge in [0, 0.05) is 5.92 Å². The fraction of sp³-hybridized carbons (Fsp3) is 0.923. The van der Waals surface area contributed by atoms with Gasteiger partial charge in [0.1, 0.15) is 0 Å². The SMILES string of the molecule is CCCOC1OC(=O)[C@H]2[C@H](CC[C@@H]2C)C1C. The third-order valence-corrected chi connectivity index (χ3v) is 4.13. The third-order valence-electron chi connectivity index (χ3n) is 4.13. The van der Waals surface area contributed by atoms with Gasteiger partial charge < -0.3 is 9.47 Å². The summed E-state index contributed by atoms with van der Waals surface area (Å²) in [6.07, 6.45) is 2.95. The van der Waals surface area contributed by atoms with E-state index in [1.54, 1.807) is 0 Å². The van der Waals surface area contributed by atoms with Gasteiger partial charge in [0.15, 0.2) is 0 Å². The summed E-state index contributed by atoms with van der Waals surface area (Å²) in [6, 6.07) is 0. The number of ether oxygens (including phenoxy) is 2. The second kappa shape index (κ2) is 4.74. The minimum absolute atomic E-state index is 0.0331. The summed E-state index contributed by atoms with van der Waals surface area (Å²) in [5.41, 5.74) is 0. The van der Waals surface area contributed by atoms with Gasteiger partial charge in [-0.15, -0.1) is 0 Å². The van der Waals surface area contributed by atoms with Crippen LogP contribution in [0.15, 0.2) is 0 Å². The van der Waals surface area contributed by atoms with Crippen LogP contribution >= 0.6 is 0 Å². The van der Waals surface area contributed by atoms with Crippen LogP contribution in [0.5, 0.6) is 0 Å². The molecular formula is C13H22O3. The van der Waals surface area contributed by atoms with E-state index in [1.165, 1.54) is 0 Å². The van der Waals surface area contributed by atoms with E-state index < -0.39 is 0 Å². The fourth-order valence-corrected chi connectivity index (χ4v) is 3.16. The van der Waals surface area contributed by atoms with Crippen molar-refractivity contribution in [1.82, 2.24) is 0 Å². The van der Waals surface area contributed by atoms with Gasteiger partial charge >= 0.3 is 5.97 Å². The van der Waals surface area contributed by atoms with E-state index in [-0.39, 0.29) is 18.2 Å². The number of rotatable bonds is 3. The molecule has 2 aliphatic rings. The van der Waals surface area contributed by atoms with Crippen LogP contribution in [0.25, 0.3) is 0 Å². The van der Waals surface area contributed by atoms with Gasteiger partial charge in [-0.3, -0.25) is 4.79 Å². The Morgan fingerprint density at radius 2 is 2.12 bits per heavy atom. The summed E-state index contributed by atoms with van der Waals surface area (Å²) in [6.45, 7) is 7.05. The molecule has 2 fully saturated rings. The topological polar surface area (TPSA) is 35.5 Å². The monoisotopic (exact) mass is 226 g/mol. The summed E-state index contributed by atoms with van der Waals surface area (Å²) < 4.78 is 11.0. The molecule has 1 aliphatic heterocycles. The Hall–Kier alpha value is -0.570. The first-order valence-corrected chi connectivity index (χ1v) is 6.47. The number of cyclic esters (lactones) is 1. The maximum atomic E-state index is 11.9. The molecule has 16 heavy (non-hydrogen) atoms. The zero-order chi connectivity index (χ0) is 11.7. The quantitative estimate of drug-likeness (QED) is 0.694. The van der Waals surface area contributed by atoms with E-state index in [1.807, 2.05) is 0 Å². The van der Waals surface area contributed by atoms with Crippen molar-refractivity contribution in [3.05, 3.63) is 0 Å². The predicted octanol–water partition coefficient (Wildman–Crippen LogP) is 2.59. The first-order valence-electron chi connectivity index (χ1n) is 6.47. The van der Waals surface area contributed by atoms with Crippen molar-refractivity contribution < 1.29 is 14.3 Å². The molecule has 1 heterocycles. The number of carbonyl (C=O) groups excluding carboxylic acids is 1. The molecule has 0 aromatic rings. The van der Waals surface area contributed by atoms with Crippen LogP contribution < -0.4 is 0 Å². The standard InChI is InChI=1S/C13H22O3/c1-4-7-15-13-9(3)10-6-5-8(2)11(10)12(14)16-13/h8-11,13H,4-7H2,1-3H3/t8-,9?,10+,11+,13?/m0/s1. The molecule has 0 aromatic carbocycles. The zero-order valence-electron chi connectivity index (χ0n) is 10.4. The second-order valence-corrected chi connectivity index (χ2v) is 5.28. The van der Waals surface area contributed by atoms with Gasteiger partial charge in [0.25, 0.3) is 0 Å². The van der Waals surface area contributed by atoms with Crippen LogP contribution in [-0.2, 0) is 14.3 Å². The highest BCUT2D eigenvalue weighted by Gasteiger charge is 2.49. The molecule has 2 rings (SSSR count). The number of hydrogen-bond acceptors (Lipinski definition) is 3. The highest BCUT2D eigenvalue weighted by molar-refractivity contribution is 5.74. The molecule has 3 nitrogen and oxygen atoms in total. The van der Waals surface area contributed by atoms with Gasteiger partial charge in [-0.1, -0.05) is 20.8 Å². The molecule has 0 amide bonds. The van der Waals surface area contributed by atoms with E-state index in [9.17, 15) is 4.79 Å². The average molecular weight is 226 g/mol. The second-order valence-electron chi connectivity index (χ2n) is 5.28. The van der Waals surface area contributed by atoms with Crippen molar-refractivity contribution in [2.24, 2.45) is 23.7 Å². The van der Waals surface area contributed by atoms with Gasteiger partial charge in [-0.25, -0.2) is 0 Å². The Balaban J connectivity index is 2.04. The van der Waals surface area contributed by atoms with Crippen molar-refractivity contribution in [1.29, 1.82) is 0 Å². The van der Waals surface area contributed by atoms with Gasteiger partial charge in [-0.05, 0) is 31.1 Å². The van der Waals surface area contributed by atoms with Crippen molar-refractivity contribution in [2.75, 3.05) is 6.61 Å². The average Bonchev–Trinajstić information content (AvgIpc) is 2.64. The number of carbonyl (C=O) groups is 1. The molecule has 0 aromatic heterocycles. The van der Waals surface area contributed by atoms with E-state index in [4.69, 9.17) is 9.47 Å². The first kappa shape index (κ1) is 11.9. The normalized spacial score (nSPS) is 42.9. The lowest BCUT2D eigenvalue weighted by atomic mass is 9.80. The number of fused-ring (bicyclic) bond motifs is 1. The van der Waals surface area contributed by atoms with Crippen molar-refractivity contribution in [3.8, 4) is 0 Å². The molecule has 2 unspecified atom stereocenters. The largest absolute Gasteiger partial charge is 0.435 e. The Morgan fingerprint density at radius 1 is 1.38 bits per heavy atom. The van der Waals surface area contributed by atoms with Gasteiger partial charge in [0.05, 0.1) is 12.5 Å². The molecule has 1 saturated carbocycles. The van der Waals surface area contributed by atoms with Crippen molar-refractivity contribution in [2.45, 2.75) is 46.3 Å².